The monoisotopic (exact) mass is 316 g/mol. The molecule has 1 aromatic rings. The third kappa shape index (κ3) is 3.37. The molecule has 1 rings (SSSR count). The predicted molar refractivity (Wildman–Crippen MR) is 69.6 cm³/mol. The van der Waals surface area contributed by atoms with Crippen LogP contribution in [-0.4, -0.2) is 45.2 Å². The highest BCUT2D eigenvalue weighted by Crippen LogP contribution is 2.37. The maximum absolute atomic E-state index is 11.8. The van der Waals surface area contributed by atoms with Gasteiger partial charge in [0.2, 0.25) is 5.06 Å². The van der Waals surface area contributed by atoms with E-state index in [1.54, 1.807) is 0 Å². The molecule has 9 heteroatoms. The van der Waals surface area contributed by atoms with Crippen molar-refractivity contribution in [3.63, 3.8) is 0 Å². The molecule has 0 atom stereocenters. The molecule has 8 nitrogen and oxygen atoms in total. The summed E-state index contributed by atoms with van der Waals surface area (Å²) < 4.78 is 18.4. The first kappa shape index (κ1) is 16.6. The summed E-state index contributed by atoms with van der Waals surface area (Å²) in [5.74, 6) is -3.50. The van der Waals surface area contributed by atoms with Gasteiger partial charge in [-0.15, -0.1) is 0 Å². The molecule has 0 amide bonds. The number of rotatable bonds is 4. The summed E-state index contributed by atoms with van der Waals surface area (Å²) in [5.41, 5.74) is -0.720. The van der Waals surface area contributed by atoms with Gasteiger partial charge in [-0.3, -0.25) is 4.79 Å². The lowest BCUT2D eigenvalue weighted by Crippen LogP contribution is -2.15. The van der Waals surface area contributed by atoms with Crippen molar-refractivity contribution in [2.45, 2.75) is 6.92 Å². The maximum Gasteiger partial charge on any atom is 0.349 e. The number of esters is 4. The van der Waals surface area contributed by atoms with Crippen molar-refractivity contribution < 1.29 is 38.1 Å². The Kier molecular flexibility index (Phi) is 5.42. The molecular formula is C12H12O8S. The lowest BCUT2D eigenvalue weighted by Gasteiger charge is -2.04. The number of hydrogen-bond acceptors (Lipinski definition) is 9. The Bertz CT molecular complexity index is 601. The minimum Gasteiger partial charge on any atom is -0.465 e. The van der Waals surface area contributed by atoms with Crippen LogP contribution in [-0.2, 0) is 19.0 Å². The normalized spacial score (nSPS) is 9.71. The van der Waals surface area contributed by atoms with Gasteiger partial charge in [-0.05, 0) is 0 Å². The lowest BCUT2D eigenvalue weighted by molar-refractivity contribution is -0.131. The Morgan fingerprint density at radius 3 is 1.71 bits per heavy atom. The van der Waals surface area contributed by atoms with E-state index < -0.39 is 23.9 Å². The van der Waals surface area contributed by atoms with Crippen LogP contribution in [0.2, 0.25) is 0 Å². The number of methoxy groups -OCH3 is 3. The zero-order chi connectivity index (χ0) is 16.2. The molecule has 0 aromatic carbocycles. The molecule has 0 bridgehead atoms. The van der Waals surface area contributed by atoms with Gasteiger partial charge in [0.1, 0.15) is 16.0 Å². The third-order valence-electron chi connectivity index (χ3n) is 2.26. The Balaban J connectivity index is 3.62. The van der Waals surface area contributed by atoms with E-state index in [0.29, 0.717) is 11.3 Å². The van der Waals surface area contributed by atoms with Crippen molar-refractivity contribution in [3.8, 4) is 5.06 Å². The van der Waals surface area contributed by atoms with Gasteiger partial charge in [-0.1, -0.05) is 11.3 Å². The highest BCUT2D eigenvalue weighted by Gasteiger charge is 2.34. The molecule has 114 valence electrons. The molecule has 1 aromatic heterocycles. The second-order valence-corrected chi connectivity index (χ2v) is 4.52. The van der Waals surface area contributed by atoms with E-state index in [1.807, 2.05) is 0 Å². The molecule has 0 unspecified atom stereocenters. The fourth-order valence-corrected chi connectivity index (χ4v) is 2.52. The first-order valence-corrected chi connectivity index (χ1v) is 6.29. The molecule has 21 heavy (non-hydrogen) atoms. The Hall–Kier alpha value is -2.42. The number of ether oxygens (including phenoxy) is 4. The van der Waals surface area contributed by atoms with Gasteiger partial charge in [0.05, 0.1) is 21.3 Å². The topological polar surface area (TPSA) is 105 Å². The Labute approximate surface area is 123 Å². The van der Waals surface area contributed by atoms with E-state index in [9.17, 15) is 19.2 Å². The zero-order valence-corrected chi connectivity index (χ0v) is 12.5. The summed E-state index contributed by atoms with van der Waals surface area (Å²) in [6.07, 6.45) is 0. The third-order valence-corrected chi connectivity index (χ3v) is 3.31. The van der Waals surface area contributed by atoms with E-state index in [1.165, 1.54) is 0 Å². The van der Waals surface area contributed by atoms with Crippen molar-refractivity contribution in [1.82, 2.24) is 0 Å². The van der Waals surface area contributed by atoms with E-state index in [2.05, 4.69) is 14.2 Å². The summed E-state index contributed by atoms with van der Waals surface area (Å²) in [6.45, 7) is 1.11. The summed E-state index contributed by atoms with van der Waals surface area (Å²) in [4.78, 5) is 46.2. The van der Waals surface area contributed by atoms with Crippen LogP contribution in [0.1, 0.15) is 37.3 Å². The number of hydrogen-bond donors (Lipinski definition) is 0. The Morgan fingerprint density at radius 1 is 0.810 bits per heavy atom. The van der Waals surface area contributed by atoms with Crippen LogP contribution in [0.25, 0.3) is 0 Å². The highest BCUT2D eigenvalue weighted by atomic mass is 32.1. The van der Waals surface area contributed by atoms with E-state index in [-0.39, 0.29) is 21.1 Å². The molecule has 0 saturated heterocycles. The van der Waals surface area contributed by atoms with Crippen molar-refractivity contribution >= 4 is 35.2 Å². The smallest absolute Gasteiger partial charge is 0.349 e. The minimum atomic E-state index is -0.953. The quantitative estimate of drug-likeness (QED) is 0.599. The summed E-state index contributed by atoms with van der Waals surface area (Å²) in [6, 6.07) is 0. The molecule has 0 N–H and O–H groups in total. The second kappa shape index (κ2) is 6.84. The molecule has 0 aliphatic rings. The zero-order valence-electron chi connectivity index (χ0n) is 11.7. The van der Waals surface area contributed by atoms with E-state index in [4.69, 9.17) is 4.74 Å². The second-order valence-electron chi connectivity index (χ2n) is 3.54. The number of carbonyl (C=O) groups is 4. The molecule has 0 spiro atoms. The molecule has 0 radical (unpaired) electrons. The van der Waals surface area contributed by atoms with Gasteiger partial charge in [0.25, 0.3) is 0 Å². The van der Waals surface area contributed by atoms with Crippen LogP contribution in [0.4, 0.5) is 0 Å². The van der Waals surface area contributed by atoms with Crippen LogP contribution < -0.4 is 4.74 Å². The van der Waals surface area contributed by atoms with Gasteiger partial charge >= 0.3 is 23.9 Å². The fraction of sp³-hybridized carbons (Fsp3) is 0.333. The molecule has 0 fully saturated rings. The van der Waals surface area contributed by atoms with Crippen LogP contribution in [0.15, 0.2) is 0 Å². The first-order chi connectivity index (χ1) is 9.87. The predicted octanol–water partition coefficient (Wildman–Crippen LogP) is 1.03. The average Bonchev–Trinajstić information content (AvgIpc) is 2.83. The van der Waals surface area contributed by atoms with Gasteiger partial charge in [-0.25, -0.2) is 14.4 Å². The van der Waals surface area contributed by atoms with Crippen molar-refractivity contribution in [1.29, 1.82) is 0 Å². The molecule has 0 aliphatic heterocycles. The maximum atomic E-state index is 11.8. The van der Waals surface area contributed by atoms with Crippen LogP contribution in [0.3, 0.4) is 0 Å². The molecule has 0 aliphatic carbocycles. The van der Waals surface area contributed by atoms with Crippen molar-refractivity contribution in [2.24, 2.45) is 0 Å². The Morgan fingerprint density at radius 2 is 1.29 bits per heavy atom. The number of thiophene rings is 1. The lowest BCUT2D eigenvalue weighted by atomic mass is 10.1. The fourth-order valence-electron chi connectivity index (χ4n) is 1.43. The van der Waals surface area contributed by atoms with E-state index >= 15 is 0 Å². The molecular weight excluding hydrogens is 304 g/mol. The highest BCUT2D eigenvalue weighted by molar-refractivity contribution is 7.16. The summed E-state index contributed by atoms with van der Waals surface area (Å²) in [7, 11) is 3.26. The molecule has 1 heterocycles. The van der Waals surface area contributed by atoms with Gasteiger partial charge in [-0.2, -0.15) is 0 Å². The largest absolute Gasteiger partial charge is 0.465 e. The van der Waals surface area contributed by atoms with Crippen LogP contribution in [0.5, 0.6) is 5.06 Å². The van der Waals surface area contributed by atoms with Crippen LogP contribution in [0, 0.1) is 0 Å². The van der Waals surface area contributed by atoms with Crippen LogP contribution >= 0.6 is 11.3 Å². The van der Waals surface area contributed by atoms with Gasteiger partial charge < -0.3 is 18.9 Å². The van der Waals surface area contributed by atoms with Gasteiger partial charge in [0, 0.05) is 6.92 Å². The van der Waals surface area contributed by atoms with E-state index in [0.717, 1.165) is 28.3 Å². The standard InChI is InChI=1S/C12H12O8S/c1-5(13)20-12-7(10(15)18-3)6(9(14)17-2)8(21-12)11(16)19-4/h1-4H3. The minimum absolute atomic E-state index is 0.221. The summed E-state index contributed by atoms with van der Waals surface area (Å²) >= 11 is 0.615. The first-order valence-electron chi connectivity index (χ1n) is 5.47. The molecule has 0 saturated carbocycles. The number of carbonyl (C=O) groups excluding carboxylic acids is 4. The average molecular weight is 316 g/mol. The summed E-state index contributed by atoms with van der Waals surface area (Å²) in [5, 5.41) is -0.241. The SMILES string of the molecule is COC(=O)c1sc(OC(C)=O)c(C(=O)OC)c1C(=O)OC. The van der Waals surface area contributed by atoms with Crippen molar-refractivity contribution in [3.05, 3.63) is 16.0 Å². The van der Waals surface area contributed by atoms with Gasteiger partial charge in [0.15, 0.2) is 0 Å². The van der Waals surface area contributed by atoms with Crippen molar-refractivity contribution in [2.75, 3.05) is 21.3 Å².